The topological polar surface area (TPSA) is 59.0 Å². The number of urea groups is 1. The van der Waals surface area contributed by atoms with Crippen LogP contribution >= 0.6 is 0 Å². The number of aryl methyl sites for hydroxylation is 2. The van der Waals surface area contributed by atoms with Crippen LogP contribution in [0, 0.1) is 20.8 Å². The van der Waals surface area contributed by atoms with Crippen LogP contribution in [-0.4, -0.2) is 15.8 Å². The van der Waals surface area contributed by atoms with Crippen LogP contribution in [-0.2, 0) is 6.54 Å². The molecule has 0 aliphatic heterocycles. The highest BCUT2D eigenvalue weighted by Gasteiger charge is 2.15. The summed E-state index contributed by atoms with van der Waals surface area (Å²) in [7, 11) is 0. The fourth-order valence-corrected chi connectivity index (χ4v) is 3.50. The number of nitrogens with zero attached hydrogens (tertiary/aromatic N) is 2. The summed E-state index contributed by atoms with van der Waals surface area (Å²) in [5, 5.41) is 12.6. The molecule has 0 atom stereocenters. The van der Waals surface area contributed by atoms with E-state index < -0.39 is 0 Å². The number of carbonyl (C=O) groups is 1. The Morgan fingerprint density at radius 3 is 2.41 bits per heavy atom. The van der Waals surface area contributed by atoms with Crippen LogP contribution in [0.2, 0.25) is 0 Å². The summed E-state index contributed by atoms with van der Waals surface area (Å²) in [5.41, 5.74) is 5.65. The highest BCUT2D eigenvalue weighted by molar-refractivity contribution is 6.06. The van der Waals surface area contributed by atoms with E-state index >= 15 is 0 Å². The molecular weight excluding hydrogens is 360 g/mol. The molecule has 0 saturated carbocycles. The molecule has 0 spiro atoms. The molecule has 4 rings (SSSR count). The number of benzene rings is 3. The molecule has 4 aromatic rings. The van der Waals surface area contributed by atoms with E-state index in [1.165, 1.54) is 11.1 Å². The molecule has 0 saturated heterocycles. The van der Waals surface area contributed by atoms with Crippen molar-refractivity contribution in [1.29, 1.82) is 0 Å². The first-order valence-electron chi connectivity index (χ1n) is 9.66. The molecule has 0 unspecified atom stereocenters. The van der Waals surface area contributed by atoms with Gasteiger partial charge in [0.1, 0.15) is 0 Å². The van der Waals surface area contributed by atoms with Gasteiger partial charge in [0.05, 0.1) is 29.3 Å². The molecule has 0 radical (unpaired) electrons. The number of hydrogen-bond donors (Lipinski definition) is 2. The lowest BCUT2D eigenvalue weighted by molar-refractivity contribution is 0.262. The highest BCUT2D eigenvalue weighted by atomic mass is 16.2. The minimum atomic E-state index is -0.276. The summed E-state index contributed by atoms with van der Waals surface area (Å²) >= 11 is 0. The Kier molecular flexibility index (Phi) is 5.04. The number of nitrogens with one attached hydrogen (secondary N) is 2. The number of rotatable bonds is 4. The van der Waals surface area contributed by atoms with E-state index in [-0.39, 0.29) is 6.03 Å². The lowest BCUT2D eigenvalue weighted by Crippen LogP contribution is -2.20. The van der Waals surface area contributed by atoms with E-state index in [4.69, 9.17) is 0 Å². The average molecular weight is 384 g/mol. The minimum Gasteiger partial charge on any atom is -0.307 e. The first kappa shape index (κ1) is 18.7. The summed E-state index contributed by atoms with van der Waals surface area (Å²) in [4.78, 5) is 12.7. The Bertz CT molecular complexity index is 1170. The summed E-state index contributed by atoms with van der Waals surface area (Å²) in [6, 6.07) is 22.0. The predicted molar refractivity (Wildman–Crippen MR) is 119 cm³/mol. The largest absolute Gasteiger partial charge is 0.323 e. The lowest BCUT2D eigenvalue weighted by Gasteiger charge is -2.11. The normalized spacial score (nSPS) is 10.9. The maximum Gasteiger partial charge on any atom is 0.323 e. The van der Waals surface area contributed by atoms with Crippen molar-refractivity contribution in [2.24, 2.45) is 0 Å². The second-order valence-corrected chi connectivity index (χ2v) is 7.29. The standard InChI is InChI=1S/C24H24N4O/c1-16-11-13-19(14-12-16)15-28-18(3)23(17(2)27-28)26-24(29)25-22-10-6-8-20-7-4-5-9-21(20)22/h4-14H,15H2,1-3H3,(H2,25,26,29). The van der Waals surface area contributed by atoms with Gasteiger partial charge in [-0.15, -0.1) is 0 Å². The van der Waals surface area contributed by atoms with Gasteiger partial charge in [-0.1, -0.05) is 66.2 Å². The Hall–Kier alpha value is -3.60. The zero-order valence-electron chi connectivity index (χ0n) is 16.9. The van der Waals surface area contributed by atoms with Crippen molar-refractivity contribution in [2.75, 3.05) is 10.6 Å². The lowest BCUT2D eigenvalue weighted by atomic mass is 10.1. The van der Waals surface area contributed by atoms with Gasteiger partial charge in [-0.25, -0.2) is 4.79 Å². The third kappa shape index (κ3) is 3.99. The van der Waals surface area contributed by atoms with Crippen LogP contribution in [0.15, 0.2) is 66.7 Å². The maximum atomic E-state index is 12.7. The molecule has 5 heteroatoms. The van der Waals surface area contributed by atoms with Gasteiger partial charge in [0.15, 0.2) is 0 Å². The SMILES string of the molecule is Cc1ccc(Cn2nc(C)c(NC(=O)Nc3cccc4ccccc34)c2C)cc1. The van der Waals surface area contributed by atoms with Crippen molar-refractivity contribution in [3.05, 3.63) is 89.2 Å². The van der Waals surface area contributed by atoms with Gasteiger partial charge in [0.2, 0.25) is 0 Å². The minimum absolute atomic E-state index is 0.276. The second-order valence-electron chi connectivity index (χ2n) is 7.29. The molecule has 2 amide bonds. The Morgan fingerprint density at radius 2 is 1.62 bits per heavy atom. The zero-order chi connectivity index (χ0) is 20.4. The number of aromatic nitrogens is 2. The molecule has 146 valence electrons. The van der Waals surface area contributed by atoms with Crippen LogP contribution in [0.5, 0.6) is 0 Å². The fourth-order valence-electron chi connectivity index (χ4n) is 3.50. The number of amides is 2. The molecule has 1 aromatic heterocycles. The third-order valence-electron chi connectivity index (χ3n) is 5.11. The fraction of sp³-hybridized carbons (Fsp3) is 0.167. The van der Waals surface area contributed by atoms with E-state index in [2.05, 4.69) is 46.9 Å². The Balaban J connectivity index is 1.52. The molecule has 5 nitrogen and oxygen atoms in total. The van der Waals surface area contributed by atoms with Gasteiger partial charge in [-0.2, -0.15) is 5.10 Å². The van der Waals surface area contributed by atoms with Crippen LogP contribution in [0.1, 0.15) is 22.5 Å². The molecular formula is C24H24N4O. The number of anilines is 2. The van der Waals surface area contributed by atoms with Crippen molar-refractivity contribution in [1.82, 2.24) is 9.78 Å². The van der Waals surface area contributed by atoms with E-state index in [9.17, 15) is 4.79 Å². The van der Waals surface area contributed by atoms with Gasteiger partial charge < -0.3 is 10.6 Å². The first-order chi connectivity index (χ1) is 14.0. The van der Waals surface area contributed by atoms with E-state index in [1.54, 1.807) is 0 Å². The van der Waals surface area contributed by atoms with Gasteiger partial charge in [0.25, 0.3) is 0 Å². The van der Waals surface area contributed by atoms with Gasteiger partial charge in [-0.3, -0.25) is 4.68 Å². The van der Waals surface area contributed by atoms with E-state index in [1.807, 2.05) is 61.0 Å². The smallest absolute Gasteiger partial charge is 0.307 e. The summed E-state index contributed by atoms with van der Waals surface area (Å²) < 4.78 is 1.92. The number of carbonyl (C=O) groups excluding carboxylic acids is 1. The van der Waals surface area contributed by atoms with Crippen molar-refractivity contribution in [2.45, 2.75) is 27.3 Å². The molecule has 0 bridgehead atoms. The average Bonchev–Trinajstić information content (AvgIpc) is 2.97. The second kappa shape index (κ2) is 7.80. The molecule has 0 fully saturated rings. The van der Waals surface area contributed by atoms with Gasteiger partial charge in [0, 0.05) is 5.39 Å². The molecule has 2 N–H and O–H groups in total. The van der Waals surface area contributed by atoms with Crippen molar-refractivity contribution >= 4 is 28.2 Å². The molecule has 29 heavy (non-hydrogen) atoms. The Labute approximate surface area is 170 Å². The molecule has 1 heterocycles. The molecule has 0 aliphatic carbocycles. The monoisotopic (exact) mass is 384 g/mol. The first-order valence-corrected chi connectivity index (χ1v) is 9.66. The van der Waals surface area contributed by atoms with Crippen LogP contribution in [0.4, 0.5) is 16.2 Å². The van der Waals surface area contributed by atoms with Gasteiger partial charge in [-0.05, 0) is 37.8 Å². The van der Waals surface area contributed by atoms with Crippen LogP contribution in [0.3, 0.4) is 0 Å². The highest BCUT2D eigenvalue weighted by Crippen LogP contribution is 2.24. The molecule has 0 aliphatic rings. The Morgan fingerprint density at radius 1 is 0.897 bits per heavy atom. The van der Waals surface area contributed by atoms with Crippen molar-refractivity contribution in [3.63, 3.8) is 0 Å². The predicted octanol–water partition coefficient (Wildman–Crippen LogP) is 5.65. The summed E-state index contributed by atoms with van der Waals surface area (Å²) in [6.45, 7) is 6.62. The van der Waals surface area contributed by atoms with Crippen LogP contribution < -0.4 is 10.6 Å². The molecule has 3 aromatic carbocycles. The van der Waals surface area contributed by atoms with E-state index in [0.29, 0.717) is 6.54 Å². The third-order valence-corrected chi connectivity index (χ3v) is 5.11. The number of fused-ring (bicyclic) bond motifs is 1. The summed E-state index contributed by atoms with van der Waals surface area (Å²) in [5.74, 6) is 0. The zero-order valence-corrected chi connectivity index (χ0v) is 16.9. The summed E-state index contributed by atoms with van der Waals surface area (Å²) in [6.07, 6.45) is 0. The van der Waals surface area contributed by atoms with Crippen molar-refractivity contribution in [3.8, 4) is 0 Å². The van der Waals surface area contributed by atoms with E-state index in [0.717, 1.165) is 33.5 Å². The van der Waals surface area contributed by atoms with Gasteiger partial charge >= 0.3 is 6.03 Å². The number of hydrogen-bond acceptors (Lipinski definition) is 2. The van der Waals surface area contributed by atoms with Crippen LogP contribution in [0.25, 0.3) is 10.8 Å². The quantitative estimate of drug-likeness (QED) is 0.477. The maximum absolute atomic E-state index is 12.7. The van der Waals surface area contributed by atoms with Crippen molar-refractivity contribution < 1.29 is 4.79 Å².